The summed E-state index contributed by atoms with van der Waals surface area (Å²) in [6, 6.07) is 12.7. The number of hydrogen-bond acceptors (Lipinski definition) is 2. The van der Waals surface area contributed by atoms with E-state index in [0.717, 1.165) is 0 Å². The van der Waals surface area contributed by atoms with Crippen molar-refractivity contribution in [2.45, 2.75) is 11.3 Å². The minimum atomic E-state index is -4.44. The molecule has 0 aliphatic carbocycles. The van der Waals surface area contributed by atoms with E-state index in [-0.39, 0.29) is 27.5 Å². The fourth-order valence-electron chi connectivity index (χ4n) is 3.27. The number of nitrogens with zero attached hydrogens (tertiary/aromatic N) is 2. The van der Waals surface area contributed by atoms with Crippen LogP contribution in [0.3, 0.4) is 0 Å². The molecule has 2 aromatic carbocycles. The van der Waals surface area contributed by atoms with Crippen LogP contribution < -0.4 is 4.57 Å². The molecule has 0 spiro atoms. The lowest BCUT2D eigenvalue weighted by Gasteiger charge is -2.28. The second kappa shape index (κ2) is 6.17. The molecule has 3 aromatic rings. The Morgan fingerprint density at radius 3 is 1.96 bits per heavy atom. The lowest BCUT2D eigenvalue weighted by molar-refractivity contribution is -0.662. The van der Waals surface area contributed by atoms with Gasteiger partial charge in [0.05, 0.1) is 7.05 Å². The monoisotopic (exact) mass is 409 g/mol. The third-order valence-electron chi connectivity index (χ3n) is 4.44. The molecular formula is C19H13F4N2S2+. The normalized spacial score (nSPS) is 17.6. The minimum Gasteiger partial charge on any atom is -0.224 e. The summed E-state index contributed by atoms with van der Waals surface area (Å²) >= 11 is 4.81. The predicted octanol–water partition coefficient (Wildman–Crippen LogP) is 5.21. The Kier molecular flexibility index (Phi) is 4.16. The van der Waals surface area contributed by atoms with Crippen molar-refractivity contribution in [3.05, 3.63) is 66.5 Å². The Morgan fingerprint density at radius 2 is 1.41 bits per heavy atom. The highest BCUT2D eigenvalue weighted by atomic mass is 32.2. The number of aromatic nitrogens is 2. The Morgan fingerprint density at radius 1 is 0.889 bits per heavy atom. The molecule has 4 rings (SSSR count). The minimum absolute atomic E-state index is 0.00613. The van der Waals surface area contributed by atoms with Crippen LogP contribution in [0.4, 0.5) is 17.6 Å². The van der Waals surface area contributed by atoms with Gasteiger partial charge < -0.3 is 0 Å². The summed E-state index contributed by atoms with van der Waals surface area (Å²) in [5.74, 6) is -0.108. The molecule has 0 radical (unpaired) electrons. The summed E-state index contributed by atoms with van der Waals surface area (Å²) in [4.78, 5) is 0. The maximum Gasteiger partial charge on any atom is 0.474 e. The Balaban J connectivity index is 2.16. The first-order chi connectivity index (χ1) is 12.8. The summed E-state index contributed by atoms with van der Waals surface area (Å²) in [5.41, 5.74) is 1.44. The van der Waals surface area contributed by atoms with Gasteiger partial charge in [-0.15, -0.1) is 0 Å². The van der Waals surface area contributed by atoms with Crippen LogP contribution in [0.5, 0.6) is 0 Å². The Bertz CT molecular complexity index is 1030. The lowest BCUT2D eigenvalue weighted by atomic mass is 10.0. The molecule has 2 heterocycles. The smallest absolute Gasteiger partial charge is 0.224 e. The van der Waals surface area contributed by atoms with Gasteiger partial charge in [0.1, 0.15) is 0 Å². The van der Waals surface area contributed by atoms with Crippen molar-refractivity contribution in [3.8, 4) is 22.5 Å². The molecule has 138 valence electrons. The van der Waals surface area contributed by atoms with E-state index in [2.05, 4.69) is 0 Å². The van der Waals surface area contributed by atoms with Crippen molar-refractivity contribution < 1.29 is 22.1 Å². The molecule has 0 N–H and O–H groups in total. The summed E-state index contributed by atoms with van der Waals surface area (Å²) in [6.07, 6.45) is 0. The summed E-state index contributed by atoms with van der Waals surface area (Å²) in [7, 11) is 1.56. The van der Waals surface area contributed by atoms with Crippen LogP contribution in [0.25, 0.3) is 22.5 Å². The van der Waals surface area contributed by atoms with Crippen molar-refractivity contribution in [1.82, 2.24) is 4.57 Å². The maximum atomic E-state index is 14.9. The first kappa shape index (κ1) is 18.2. The standard InChI is InChI=1S/C19H13F4N2S2/c1-24-14(12-8-4-2-5-9-12)15(13-10-6-3-7-11-13)25-16(24)17(26)27-19(22,23)18(25,20)21/h2-11H,1H3/q+1. The molecule has 0 saturated carbocycles. The number of benzene rings is 2. The summed E-state index contributed by atoms with van der Waals surface area (Å²) in [5, 5.41) is -4.35. The molecule has 0 atom stereocenters. The van der Waals surface area contributed by atoms with Gasteiger partial charge in [-0.05, 0) is 11.8 Å². The molecule has 1 aliphatic heterocycles. The molecule has 27 heavy (non-hydrogen) atoms. The van der Waals surface area contributed by atoms with Crippen LogP contribution in [0.15, 0.2) is 60.7 Å². The number of rotatable bonds is 2. The number of imidazole rings is 1. The zero-order valence-electron chi connectivity index (χ0n) is 14.0. The number of thioether (sulfide) groups is 1. The molecule has 0 saturated heterocycles. The van der Waals surface area contributed by atoms with Crippen molar-refractivity contribution >= 4 is 28.2 Å². The van der Waals surface area contributed by atoms with Crippen LogP contribution in [-0.4, -0.2) is 14.0 Å². The van der Waals surface area contributed by atoms with E-state index >= 15 is 0 Å². The van der Waals surface area contributed by atoms with E-state index in [4.69, 9.17) is 12.2 Å². The van der Waals surface area contributed by atoms with Crippen LogP contribution in [0.1, 0.15) is 5.82 Å². The zero-order valence-corrected chi connectivity index (χ0v) is 15.6. The fraction of sp³-hybridized carbons (Fsp3) is 0.158. The van der Waals surface area contributed by atoms with E-state index in [9.17, 15) is 17.6 Å². The van der Waals surface area contributed by atoms with Gasteiger partial charge in [-0.3, -0.25) is 0 Å². The van der Waals surface area contributed by atoms with E-state index in [1.165, 1.54) is 4.57 Å². The molecule has 0 bridgehead atoms. The third-order valence-corrected chi connectivity index (χ3v) is 5.74. The van der Waals surface area contributed by atoms with Crippen LogP contribution in [0, 0.1) is 0 Å². The van der Waals surface area contributed by atoms with Crippen LogP contribution >= 0.6 is 24.0 Å². The number of hydrogen-bond donors (Lipinski definition) is 0. The van der Waals surface area contributed by atoms with Crippen LogP contribution in [-0.2, 0) is 13.1 Å². The molecular weight excluding hydrogens is 396 g/mol. The largest absolute Gasteiger partial charge is 0.474 e. The third kappa shape index (κ3) is 2.62. The molecule has 0 unspecified atom stereocenters. The SMILES string of the molecule is C[n+]1c(-c2ccccc2)c(-c2ccccc2)n2c1C(=S)SC(F)(F)C2(F)F. The van der Waals surface area contributed by atoms with Gasteiger partial charge in [0.2, 0.25) is 0 Å². The highest BCUT2D eigenvalue weighted by molar-refractivity contribution is 8.24. The highest BCUT2D eigenvalue weighted by Crippen LogP contribution is 2.54. The molecule has 0 fully saturated rings. The highest BCUT2D eigenvalue weighted by Gasteiger charge is 2.70. The lowest BCUT2D eigenvalue weighted by Crippen LogP contribution is -2.50. The number of halogens is 4. The van der Waals surface area contributed by atoms with Gasteiger partial charge in [-0.1, -0.05) is 72.9 Å². The first-order valence-corrected chi connectivity index (χ1v) is 9.23. The number of fused-ring (bicyclic) bond motifs is 1. The van der Waals surface area contributed by atoms with E-state index in [0.29, 0.717) is 21.4 Å². The maximum absolute atomic E-state index is 14.9. The van der Waals surface area contributed by atoms with Gasteiger partial charge >= 0.3 is 17.1 Å². The van der Waals surface area contributed by atoms with Crippen molar-refractivity contribution in [1.29, 1.82) is 0 Å². The van der Waals surface area contributed by atoms with Gasteiger partial charge in [0, 0.05) is 11.1 Å². The van der Waals surface area contributed by atoms with E-state index in [1.54, 1.807) is 67.7 Å². The fourth-order valence-corrected chi connectivity index (χ4v) is 4.58. The first-order valence-electron chi connectivity index (χ1n) is 8.00. The molecule has 1 aliphatic rings. The second-order valence-corrected chi connectivity index (χ2v) is 7.89. The topological polar surface area (TPSA) is 8.81 Å². The average molecular weight is 409 g/mol. The Hall–Kier alpha value is -2.19. The summed E-state index contributed by atoms with van der Waals surface area (Å²) in [6.45, 7) is 0. The Labute approximate surface area is 162 Å². The summed E-state index contributed by atoms with van der Waals surface area (Å²) < 4.78 is 59.9. The number of alkyl halides is 4. The molecule has 8 heteroatoms. The molecule has 2 nitrogen and oxygen atoms in total. The zero-order chi connectivity index (χ0) is 19.4. The van der Waals surface area contributed by atoms with Gasteiger partial charge in [0.25, 0.3) is 0 Å². The van der Waals surface area contributed by atoms with Crippen molar-refractivity contribution in [2.75, 3.05) is 0 Å². The second-order valence-electron chi connectivity index (χ2n) is 6.09. The van der Waals surface area contributed by atoms with E-state index < -0.39 is 11.3 Å². The van der Waals surface area contributed by atoms with Crippen molar-refractivity contribution in [3.63, 3.8) is 0 Å². The van der Waals surface area contributed by atoms with E-state index in [1.807, 2.05) is 0 Å². The predicted molar refractivity (Wildman–Crippen MR) is 101 cm³/mol. The molecule has 1 aromatic heterocycles. The molecule has 0 amide bonds. The van der Waals surface area contributed by atoms with Gasteiger partial charge in [0.15, 0.2) is 15.6 Å². The average Bonchev–Trinajstić information content (AvgIpc) is 2.96. The number of thiocarbonyl (C=S) groups is 1. The van der Waals surface area contributed by atoms with Crippen LogP contribution in [0.2, 0.25) is 0 Å². The quantitative estimate of drug-likeness (QED) is 0.326. The van der Waals surface area contributed by atoms with Gasteiger partial charge in [-0.2, -0.15) is 22.1 Å². The van der Waals surface area contributed by atoms with Crippen molar-refractivity contribution in [2.24, 2.45) is 7.05 Å². The van der Waals surface area contributed by atoms with Gasteiger partial charge in [-0.25, -0.2) is 4.57 Å².